The number of para-hydroxylation sites is 1. The van der Waals surface area contributed by atoms with Crippen LogP contribution in [0.2, 0.25) is 0 Å². The van der Waals surface area contributed by atoms with Crippen LogP contribution in [-0.2, 0) is 0 Å². The van der Waals surface area contributed by atoms with Crippen molar-refractivity contribution in [3.63, 3.8) is 0 Å². The highest BCUT2D eigenvalue weighted by molar-refractivity contribution is 5.38. The van der Waals surface area contributed by atoms with E-state index in [9.17, 15) is 0 Å². The van der Waals surface area contributed by atoms with Crippen LogP contribution < -0.4 is 10.1 Å². The first-order valence-corrected chi connectivity index (χ1v) is 8.52. The average Bonchev–Trinajstić information content (AvgIpc) is 3.34. The van der Waals surface area contributed by atoms with Gasteiger partial charge in [0.25, 0.3) is 0 Å². The Balaban J connectivity index is 1.80. The molecule has 0 bridgehead atoms. The number of hydrogen-bond acceptors (Lipinski definition) is 3. The molecular weight excluding hydrogens is 260 g/mol. The van der Waals surface area contributed by atoms with Crippen LogP contribution in [0.3, 0.4) is 0 Å². The van der Waals surface area contributed by atoms with E-state index < -0.39 is 0 Å². The highest BCUT2D eigenvalue weighted by Crippen LogP contribution is 2.36. The molecule has 1 fully saturated rings. The molecule has 1 heterocycles. The number of rotatable bonds is 7. The Bertz CT molecular complexity index is 458. The van der Waals surface area contributed by atoms with Crippen molar-refractivity contribution in [1.29, 1.82) is 0 Å². The van der Waals surface area contributed by atoms with Crippen LogP contribution >= 0.6 is 0 Å². The van der Waals surface area contributed by atoms with Crippen molar-refractivity contribution >= 4 is 0 Å². The molecule has 3 rings (SSSR count). The molecule has 1 saturated carbocycles. The Kier molecular flexibility index (Phi) is 4.81. The summed E-state index contributed by atoms with van der Waals surface area (Å²) in [6, 6.07) is 9.37. The van der Waals surface area contributed by atoms with Gasteiger partial charge >= 0.3 is 0 Å². The molecule has 2 aliphatic rings. The molecule has 1 aromatic carbocycles. The lowest BCUT2D eigenvalue weighted by Crippen LogP contribution is -2.51. The Morgan fingerprint density at radius 2 is 2.05 bits per heavy atom. The van der Waals surface area contributed by atoms with Gasteiger partial charge in [-0.05, 0) is 44.3 Å². The third-order valence-corrected chi connectivity index (χ3v) is 4.73. The first kappa shape index (κ1) is 14.9. The van der Waals surface area contributed by atoms with Gasteiger partial charge in [-0.2, -0.15) is 0 Å². The second-order valence-electron chi connectivity index (χ2n) is 6.38. The molecule has 1 N–H and O–H groups in total. The second kappa shape index (κ2) is 6.80. The van der Waals surface area contributed by atoms with Crippen LogP contribution in [0.15, 0.2) is 24.3 Å². The average molecular weight is 288 g/mol. The molecule has 21 heavy (non-hydrogen) atoms. The summed E-state index contributed by atoms with van der Waals surface area (Å²) >= 11 is 0. The third kappa shape index (κ3) is 3.41. The summed E-state index contributed by atoms with van der Waals surface area (Å²) in [6.45, 7) is 8.72. The molecule has 1 aliphatic heterocycles. The molecular formula is C18H28N2O. The van der Waals surface area contributed by atoms with Gasteiger partial charge in [0, 0.05) is 12.1 Å². The summed E-state index contributed by atoms with van der Waals surface area (Å²) in [6.07, 6.45) is 3.99. The van der Waals surface area contributed by atoms with Crippen molar-refractivity contribution in [3.05, 3.63) is 29.8 Å². The minimum absolute atomic E-state index is 0.397. The number of likely N-dealkylation sites (N-methyl/N-ethyl adjacent to an activating group) is 1. The molecule has 0 saturated heterocycles. The molecule has 3 heteroatoms. The van der Waals surface area contributed by atoms with Crippen LogP contribution in [0.25, 0.3) is 0 Å². The highest BCUT2D eigenvalue weighted by Gasteiger charge is 2.36. The van der Waals surface area contributed by atoms with Gasteiger partial charge in [-0.1, -0.05) is 32.0 Å². The van der Waals surface area contributed by atoms with Crippen LogP contribution in [0.1, 0.15) is 44.7 Å². The van der Waals surface area contributed by atoms with E-state index in [1.807, 2.05) is 0 Å². The van der Waals surface area contributed by atoms with Gasteiger partial charge in [0.2, 0.25) is 0 Å². The van der Waals surface area contributed by atoms with E-state index in [-0.39, 0.29) is 0 Å². The van der Waals surface area contributed by atoms with Gasteiger partial charge in [-0.25, -0.2) is 0 Å². The van der Waals surface area contributed by atoms with Gasteiger partial charge in [-0.3, -0.25) is 4.90 Å². The van der Waals surface area contributed by atoms with Crippen molar-refractivity contribution in [1.82, 2.24) is 10.2 Å². The molecule has 3 nitrogen and oxygen atoms in total. The van der Waals surface area contributed by atoms with E-state index >= 15 is 0 Å². The summed E-state index contributed by atoms with van der Waals surface area (Å²) < 4.78 is 6.05. The van der Waals surface area contributed by atoms with Gasteiger partial charge in [0.05, 0.1) is 12.1 Å². The zero-order valence-electron chi connectivity index (χ0n) is 13.3. The van der Waals surface area contributed by atoms with Crippen LogP contribution in [0.4, 0.5) is 0 Å². The van der Waals surface area contributed by atoms with E-state index in [0.717, 1.165) is 31.4 Å². The maximum absolute atomic E-state index is 6.05. The highest BCUT2D eigenvalue weighted by atomic mass is 16.5. The van der Waals surface area contributed by atoms with Crippen LogP contribution in [0, 0.1) is 5.92 Å². The standard InChI is InChI=1S/C18H28N2O/c1-3-11-19-18-15-7-5-6-8-17(15)21-13-16(18)20(4-2)12-14-9-10-14/h5-8,14,16,18-19H,3-4,9-13H2,1-2H3. The summed E-state index contributed by atoms with van der Waals surface area (Å²) in [5, 5.41) is 3.76. The number of ether oxygens (including phenoxy) is 1. The summed E-state index contributed by atoms with van der Waals surface area (Å²) in [7, 11) is 0. The summed E-state index contributed by atoms with van der Waals surface area (Å²) in [4.78, 5) is 2.63. The second-order valence-corrected chi connectivity index (χ2v) is 6.38. The zero-order valence-corrected chi connectivity index (χ0v) is 13.3. The predicted octanol–water partition coefficient (Wildman–Crippen LogP) is 3.22. The Labute approximate surface area is 128 Å². The number of benzene rings is 1. The Morgan fingerprint density at radius 3 is 2.76 bits per heavy atom. The van der Waals surface area contributed by atoms with E-state index in [0.29, 0.717) is 12.1 Å². The van der Waals surface area contributed by atoms with Crippen molar-refractivity contribution in [2.45, 2.75) is 45.2 Å². The first-order valence-electron chi connectivity index (χ1n) is 8.52. The molecule has 1 aliphatic carbocycles. The Hall–Kier alpha value is -1.06. The Morgan fingerprint density at radius 1 is 1.24 bits per heavy atom. The van der Waals surface area contributed by atoms with Crippen molar-refractivity contribution in [3.8, 4) is 5.75 Å². The smallest absolute Gasteiger partial charge is 0.124 e. The molecule has 2 atom stereocenters. The number of hydrogen-bond donors (Lipinski definition) is 1. The van der Waals surface area contributed by atoms with Crippen molar-refractivity contribution < 1.29 is 4.74 Å². The summed E-state index contributed by atoms with van der Waals surface area (Å²) in [5.74, 6) is 1.98. The quantitative estimate of drug-likeness (QED) is 0.834. The molecule has 1 aromatic rings. The summed E-state index contributed by atoms with van der Waals surface area (Å²) in [5.41, 5.74) is 1.33. The van der Waals surface area contributed by atoms with E-state index in [1.165, 1.54) is 31.4 Å². The van der Waals surface area contributed by atoms with Crippen LogP contribution in [0.5, 0.6) is 5.75 Å². The topological polar surface area (TPSA) is 24.5 Å². The van der Waals surface area contributed by atoms with Crippen molar-refractivity contribution in [2.75, 3.05) is 26.2 Å². The lowest BCUT2D eigenvalue weighted by atomic mass is 9.94. The molecule has 0 radical (unpaired) electrons. The fraction of sp³-hybridized carbons (Fsp3) is 0.667. The molecule has 0 aromatic heterocycles. The zero-order chi connectivity index (χ0) is 14.7. The first-order chi connectivity index (χ1) is 10.3. The number of nitrogens with zero attached hydrogens (tertiary/aromatic N) is 1. The maximum atomic E-state index is 6.05. The van der Waals surface area contributed by atoms with E-state index in [4.69, 9.17) is 4.74 Å². The fourth-order valence-corrected chi connectivity index (χ4v) is 3.34. The number of nitrogens with one attached hydrogen (secondary N) is 1. The fourth-order valence-electron chi connectivity index (χ4n) is 3.34. The van der Waals surface area contributed by atoms with Gasteiger partial charge in [-0.15, -0.1) is 0 Å². The molecule has 0 amide bonds. The minimum atomic E-state index is 0.397. The normalized spacial score (nSPS) is 24.7. The predicted molar refractivity (Wildman–Crippen MR) is 86.7 cm³/mol. The lowest BCUT2D eigenvalue weighted by Gasteiger charge is -2.41. The molecule has 0 spiro atoms. The van der Waals surface area contributed by atoms with Crippen LogP contribution in [-0.4, -0.2) is 37.2 Å². The molecule has 116 valence electrons. The van der Waals surface area contributed by atoms with Gasteiger partial charge in [0.1, 0.15) is 12.4 Å². The largest absolute Gasteiger partial charge is 0.492 e. The SMILES string of the molecule is CCCNC1c2ccccc2OCC1N(CC)CC1CC1. The van der Waals surface area contributed by atoms with E-state index in [1.54, 1.807) is 0 Å². The van der Waals surface area contributed by atoms with Gasteiger partial charge in [0.15, 0.2) is 0 Å². The third-order valence-electron chi connectivity index (χ3n) is 4.73. The number of fused-ring (bicyclic) bond motifs is 1. The van der Waals surface area contributed by atoms with Crippen molar-refractivity contribution in [2.24, 2.45) is 5.92 Å². The van der Waals surface area contributed by atoms with Gasteiger partial charge < -0.3 is 10.1 Å². The van der Waals surface area contributed by atoms with E-state index in [2.05, 4.69) is 48.3 Å². The minimum Gasteiger partial charge on any atom is -0.492 e. The monoisotopic (exact) mass is 288 g/mol. The lowest BCUT2D eigenvalue weighted by molar-refractivity contribution is 0.0859. The molecule has 2 unspecified atom stereocenters. The maximum Gasteiger partial charge on any atom is 0.124 e.